The fraction of sp³-hybridized carbons (Fsp3) is 0.125. The topological polar surface area (TPSA) is 37.4 Å². The number of ketones is 2. The molecule has 1 spiro atoms. The summed E-state index contributed by atoms with van der Waals surface area (Å²) < 4.78 is 0. The number of benzene rings is 7. The molecule has 10 rings (SSSR count). The van der Waals surface area contributed by atoms with Crippen LogP contribution >= 0.6 is 0 Å². The molecule has 0 radical (unpaired) electrons. The largest absolute Gasteiger partial charge is 0.309 e. The zero-order valence-electron chi connectivity index (χ0n) is 28.8. The van der Waals surface area contributed by atoms with Gasteiger partial charge in [0.15, 0.2) is 11.6 Å². The Kier molecular flexibility index (Phi) is 6.27. The molecular formula is C48H35NO2. The lowest BCUT2D eigenvalue weighted by molar-refractivity contribution is 0.0838. The molecule has 244 valence electrons. The number of carbonyl (C=O) groups is 2. The number of nitrogens with zero attached hydrogens (tertiary/aromatic N) is 1. The minimum atomic E-state index is -0.748. The molecule has 3 aliphatic rings. The van der Waals surface area contributed by atoms with Crippen LogP contribution in [0.25, 0.3) is 21.9 Å². The highest BCUT2D eigenvalue weighted by molar-refractivity contribution is 6.28. The summed E-state index contributed by atoms with van der Waals surface area (Å²) in [5, 5.41) is 1.96. The van der Waals surface area contributed by atoms with Gasteiger partial charge in [0.05, 0.1) is 28.4 Å². The first-order chi connectivity index (χ1) is 24.9. The van der Waals surface area contributed by atoms with E-state index >= 15 is 0 Å². The number of anilines is 3. The molecule has 2 aliphatic carbocycles. The van der Waals surface area contributed by atoms with Gasteiger partial charge in [0.25, 0.3) is 0 Å². The summed E-state index contributed by atoms with van der Waals surface area (Å²) in [4.78, 5) is 30.4. The van der Waals surface area contributed by atoms with Crippen LogP contribution < -0.4 is 4.90 Å². The Balaban J connectivity index is 1.22. The Labute approximate surface area is 297 Å². The fourth-order valence-corrected chi connectivity index (χ4v) is 9.61. The number of hydrogen-bond acceptors (Lipinski definition) is 3. The van der Waals surface area contributed by atoms with Gasteiger partial charge in [-0.3, -0.25) is 9.59 Å². The lowest BCUT2D eigenvalue weighted by Crippen LogP contribution is -2.36. The smallest absolute Gasteiger partial charge is 0.174 e. The van der Waals surface area contributed by atoms with Crippen LogP contribution in [0.5, 0.6) is 0 Å². The lowest BCUT2D eigenvalue weighted by Gasteiger charge is -2.46. The van der Waals surface area contributed by atoms with Crippen molar-refractivity contribution in [2.45, 2.75) is 32.6 Å². The Morgan fingerprint density at radius 2 is 1.02 bits per heavy atom. The predicted molar refractivity (Wildman–Crippen MR) is 206 cm³/mol. The summed E-state index contributed by atoms with van der Waals surface area (Å²) in [7, 11) is 0. The number of fused-ring (bicyclic) bond motifs is 11. The molecular weight excluding hydrogens is 623 g/mol. The van der Waals surface area contributed by atoms with Gasteiger partial charge in [0.2, 0.25) is 0 Å². The van der Waals surface area contributed by atoms with E-state index < -0.39 is 11.3 Å². The van der Waals surface area contributed by atoms with Crippen LogP contribution in [0.4, 0.5) is 17.1 Å². The zero-order valence-corrected chi connectivity index (χ0v) is 28.8. The number of hydrogen-bond donors (Lipinski definition) is 0. The van der Waals surface area contributed by atoms with E-state index in [1.54, 1.807) is 0 Å². The van der Waals surface area contributed by atoms with Crippen LogP contribution in [-0.4, -0.2) is 11.6 Å². The SMILES string of the molecule is Cc1cc(C)c(N2c3ccccc3C3(c4ccccc4-c4ccccc43)c3cc(CC4C(=O)c5cc6ccccc6cc5C4=O)ccc32)c(C)c1. The van der Waals surface area contributed by atoms with E-state index in [9.17, 15) is 9.59 Å². The number of para-hydroxylation sites is 1. The van der Waals surface area contributed by atoms with Crippen molar-refractivity contribution in [1.82, 2.24) is 0 Å². The van der Waals surface area contributed by atoms with E-state index in [1.165, 1.54) is 50.2 Å². The average Bonchev–Trinajstić information content (AvgIpc) is 3.56. The first kappa shape index (κ1) is 29.8. The summed E-state index contributed by atoms with van der Waals surface area (Å²) in [6.07, 6.45) is 0.347. The molecule has 3 heteroatoms. The standard InChI is InChI=1S/C48H35NO2/c1-28-22-29(2)45(30(3)23-28)49-43-19-11-10-18-41(43)48(39-16-8-6-14-34(39)35-15-7-9-17-40(35)48)42-25-31(20-21-44(42)49)24-38-46(50)36-26-32-12-4-5-13-33(32)27-37(36)47(38)51/h4-23,25-27,38H,24H2,1-3H3. The molecule has 51 heavy (non-hydrogen) atoms. The van der Waals surface area contributed by atoms with E-state index in [1.807, 2.05) is 36.4 Å². The summed E-state index contributed by atoms with van der Waals surface area (Å²) >= 11 is 0. The Morgan fingerprint density at radius 1 is 0.510 bits per heavy atom. The van der Waals surface area contributed by atoms with E-state index in [2.05, 4.69) is 129 Å². The quantitative estimate of drug-likeness (QED) is 0.177. The molecule has 0 aromatic heterocycles. The minimum Gasteiger partial charge on any atom is -0.309 e. The maximum absolute atomic E-state index is 14.0. The summed E-state index contributed by atoms with van der Waals surface area (Å²) in [5.41, 5.74) is 15.9. The van der Waals surface area contributed by atoms with E-state index in [0.29, 0.717) is 17.5 Å². The molecule has 0 unspecified atom stereocenters. The third-order valence-electron chi connectivity index (χ3n) is 11.6. The molecule has 0 fully saturated rings. The third-order valence-corrected chi connectivity index (χ3v) is 11.6. The summed E-state index contributed by atoms with van der Waals surface area (Å²) in [6, 6.07) is 49.4. The second-order valence-corrected chi connectivity index (χ2v) is 14.5. The van der Waals surface area contributed by atoms with Crippen LogP contribution in [-0.2, 0) is 11.8 Å². The number of rotatable bonds is 3. The lowest BCUT2D eigenvalue weighted by atomic mass is 9.64. The maximum atomic E-state index is 14.0. The normalized spacial score (nSPS) is 15.2. The average molecular weight is 658 g/mol. The number of carbonyl (C=O) groups excluding carboxylic acids is 2. The highest BCUT2D eigenvalue weighted by Gasteiger charge is 2.52. The fourth-order valence-electron chi connectivity index (χ4n) is 9.61. The Bertz CT molecular complexity index is 2540. The van der Waals surface area contributed by atoms with Crippen molar-refractivity contribution in [3.05, 3.63) is 195 Å². The van der Waals surface area contributed by atoms with Crippen LogP contribution in [0.15, 0.2) is 140 Å². The molecule has 7 aromatic rings. The minimum absolute atomic E-state index is 0.0809. The summed E-state index contributed by atoms with van der Waals surface area (Å²) in [5.74, 6) is -0.909. The Hall–Kier alpha value is -6.06. The number of aryl methyl sites for hydroxylation is 3. The van der Waals surface area contributed by atoms with E-state index in [0.717, 1.165) is 33.3 Å². The molecule has 0 bridgehead atoms. The molecule has 1 aliphatic heterocycles. The molecule has 7 aromatic carbocycles. The van der Waals surface area contributed by atoms with Gasteiger partial charge in [-0.15, -0.1) is 0 Å². The molecule has 1 heterocycles. The second-order valence-electron chi connectivity index (χ2n) is 14.5. The molecule has 0 saturated heterocycles. The summed E-state index contributed by atoms with van der Waals surface area (Å²) in [6.45, 7) is 6.56. The van der Waals surface area contributed by atoms with Crippen LogP contribution in [0.2, 0.25) is 0 Å². The molecule has 0 amide bonds. The van der Waals surface area contributed by atoms with Gasteiger partial charge in [-0.2, -0.15) is 0 Å². The molecule has 0 N–H and O–H groups in total. The Morgan fingerprint density at radius 3 is 1.63 bits per heavy atom. The van der Waals surface area contributed by atoms with Gasteiger partial charge in [0, 0.05) is 11.1 Å². The van der Waals surface area contributed by atoms with Crippen molar-refractivity contribution in [3.8, 4) is 11.1 Å². The molecule has 0 saturated carbocycles. The van der Waals surface area contributed by atoms with Crippen molar-refractivity contribution >= 4 is 39.4 Å². The van der Waals surface area contributed by atoms with Gasteiger partial charge in [0.1, 0.15) is 0 Å². The molecule has 3 nitrogen and oxygen atoms in total. The van der Waals surface area contributed by atoms with E-state index in [-0.39, 0.29) is 11.6 Å². The van der Waals surface area contributed by atoms with Crippen molar-refractivity contribution in [1.29, 1.82) is 0 Å². The van der Waals surface area contributed by atoms with Crippen molar-refractivity contribution in [2.75, 3.05) is 4.90 Å². The van der Waals surface area contributed by atoms with Crippen molar-refractivity contribution in [3.63, 3.8) is 0 Å². The highest BCUT2D eigenvalue weighted by atomic mass is 16.2. The maximum Gasteiger partial charge on any atom is 0.174 e. The zero-order chi connectivity index (χ0) is 34.6. The van der Waals surface area contributed by atoms with Gasteiger partial charge >= 0.3 is 0 Å². The van der Waals surface area contributed by atoms with Gasteiger partial charge in [-0.05, 0) is 112 Å². The highest BCUT2D eigenvalue weighted by Crippen LogP contribution is 2.63. The molecule has 0 atom stereocenters. The first-order valence-corrected chi connectivity index (χ1v) is 17.8. The van der Waals surface area contributed by atoms with E-state index in [4.69, 9.17) is 0 Å². The third kappa shape index (κ3) is 4.00. The monoisotopic (exact) mass is 657 g/mol. The van der Waals surface area contributed by atoms with Gasteiger partial charge < -0.3 is 4.90 Å². The predicted octanol–water partition coefficient (Wildman–Crippen LogP) is 11.1. The van der Waals surface area contributed by atoms with Crippen molar-refractivity contribution < 1.29 is 9.59 Å². The first-order valence-electron chi connectivity index (χ1n) is 17.8. The van der Waals surface area contributed by atoms with Gasteiger partial charge in [-0.1, -0.05) is 121 Å². The number of Topliss-reactive ketones (excluding diaryl/α,β-unsaturated/α-hetero) is 2. The van der Waals surface area contributed by atoms with Crippen LogP contribution in [0, 0.1) is 26.7 Å². The van der Waals surface area contributed by atoms with Crippen LogP contribution in [0.3, 0.4) is 0 Å². The van der Waals surface area contributed by atoms with Crippen LogP contribution in [0.1, 0.15) is 65.2 Å². The van der Waals surface area contributed by atoms with Gasteiger partial charge in [-0.25, -0.2) is 0 Å². The van der Waals surface area contributed by atoms with Crippen molar-refractivity contribution in [2.24, 2.45) is 5.92 Å². The second kappa shape index (κ2) is 10.7.